The van der Waals surface area contributed by atoms with E-state index in [1.54, 1.807) is 67.0 Å². The summed E-state index contributed by atoms with van der Waals surface area (Å²) in [6, 6.07) is 17.3. The van der Waals surface area contributed by atoms with E-state index in [1.807, 2.05) is 16.3 Å². The second-order valence-electron chi connectivity index (χ2n) is 7.45. The van der Waals surface area contributed by atoms with Crippen molar-refractivity contribution < 1.29 is 14.3 Å². The monoisotopic (exact) mass is 499 g/mol. The highest BCUT2D eigenvalue weighted by Gasteiger charge is 2.43. The van der Waals surface area contributed by atoms with Crippen molar-refractivity contribution in [2.75, 3.05) is 23.9 Å². The number of carbonyl (C=O) groups is 2. The van der Waals surface area contributed by atoms with Crippen molar-refractivity contribution in [3.63, 3.8) is 0 Å². The molecule has 6 nitrogen and oxygen atoms in total. The second kappa shape index (κ2) is 10.3. The van der Waals surface area contributed by atoms with Gasteiger partial charge in [-0.2, -0.15) is 0 Å². The quantitative estimate of drug-likeness (QED) is 0.443. The fraction of sp³-hybridized carbons (Fsp3) is 0.208. The van der Waals surface area contributed by atoms with E-state index in [1.165, 1.54) is 9.78 Å². The van der Waals surface area contributed by atoms with Gasteiger partial charge in [0.15, 0.2) is 5.11 Å². The van der Waals surface area contributed by atoms with Crippen LogP contribution in [0.4, 0.5) is 11.4 Å². The molecule has 1 aromatic heterocycles. The number of nitrogens with zero attached hydrogens (tertiary/aromatic N) is 2. The summed E-state index contributed by atoms with van der Waals surface area (Å²) >= 11 is 13.3. The summed E-state index contributed by atoms with van der Waals surface area (Å²) in [7, 11) is 1.59. The van der Waals surface area contributed by atoms with Crippen LogP contribution >= 0.6 is 35.2 Å². The van der Waals surface area contributed by atoms with Crippen molar-refractivity contribution in [1.82, 2.24) is 4.90 Å². The molecule has 170 valence electrons. The Kier molecular flexibility index (Phi) is 7.27. The Hall–Kier alpha value is -2.94. The summed E-state index contributed by atoms with van der Waals surface area (Å²) in [4.78, 5) is 30.8. The van der Waals surface area contributed by atoms with Gasteiger partial charge in [0.25, 0.3) is 5.91 Å². The summed E-state index contributed by atoms with van der Waals surface area (Å²) in [5.41, 5.74) is 1.27. The van der Waals surface area contributed by atoms with Crippen LogP contribution in [0.5, 0.6) is 5.75 Å². The van der Waals surface area contributed by atoms with E-state index >= 15 is 0 Å². The SMILES string of the molecule is COc1ccc(N2C(=O)[C@@H](CC(=O)Nc3ccc(Cl)cc3)N(CCc3cccs3)C2=S)cc1. The maximum absolute atomic E-state index is 13.4. The van der Waals surface area contributed by atoms with Gasteiger partial charge < -0.3 is 15.0 Å². The van der Waals surface area contributed by atoms with E-state index in [9.17, 15) is 9.59 Å². The lowest BCUT2D eigenvalue weighted by Gasteiger charge is -2.23. The Morgan fingerprint density at radius 2 is 1.88 bits per heavy atom. The first-order chi connectivity index (χ1) is 16.0. The molecule has 0 aliphatic carbocycles. The van der Waals surface area contributed by atoms with E-state index in [2.05, 4.69) is 11.4 Å². The van der Waals surface area contributed by atoms with E-state index in [4.69, 9.17) is 28.6 Å². The van der Waals surface area contributed by atoms with E-state index in [-0.39, 0.29) is 18.2 Å². The van der Waals surface area contributed by atoms with Gasteiger partial charge in [-0.25, -0.2) is 0 Å². The molecule has 1 fully saturated rings. The van der Waals surface area contributed by atoms with Crippen molar-refractivity contribution in [3.8, 4) is 5.75 Å². The third kappa shape index (κ3) is 5.35. The Bertz CT molecular complexity index is 1130. The summed E-state index contributed by atoms with van der Waals surface area (Å²) in [6.45, 7) is 0.538. The lowest BCUT2D eigenvalue weighted by molar-refractivity contribution is -0.124. The standard InChI is InChI=1S/C24H22ClN3O3S2/c1-31-19-10-8-18(9-11-19)28-23(30)21(15-22(29)26-17-6-4-16(25)5-7-17)27(24(28)32)13-12-20-3-2-14-33-20/h2-11,14,21H,12-13,15H2,1H3,(H,26,29)/t21-/m1/s1. The molecule has 0 unspecified atom stereocenters. The molecule has 1 atom stereocenters. The molecule has 0 spiro atoms. The molecule has 2 amide bonds. The molecule has 1 aliphatic heterocycles. The minimum Gasteiger partial charge on any atom is -0.497 e. The smallest absolute Gasteiger partial charge is 0.256 e. The third-order valence-electron chi connectivity index (χ3n) is 5.34. The summed E-state index contributed by atoms with van der Waals surface area (Å²) in [6.07, 6.45) is 0.718. The first-order valence-corrected chi connectivity index (χ1v) is 12.0. The lowest BCUT2D eigenvalue weighted by atomic mass is 10.1. The number of ether oxygens (including phenoxy) is 1. The largest absolute Gasteiger partial charge is 0.497 e. The average Bonchev–Trinajstić information content (AvgIpc) is 3.41. The van der Waals surface area contributed by atoms with Crippen LogP contribution in [0.2, 0.25) is 5.02 Å². The number of methoxy groups -OCH3 is 1. The van der Waals surface area contributed by atoms with Crippen molar-refractivity contribution >= 4 is 63.5 Å². The van der Waals surface area contributed by atoms with Crippen molar-refractivity contribution in [2.24, 2.45) is 0 Å². The predicted molar refractivity (Wildman–Crippen MR) is 136 cm³/mol. The highest BCUT2D eigenvalue weighted by molar-refractivity contribution is 7.80. The van der Waals surface area contributed by atoms with Gasteiger partial charge in [-0.3, -0.25) is 14.5 Å². The average molecular weight is 500 g/mol. The molecule has 0 saturated carbocycles. The molecule has 2 heterocycles. The summed E-state index contributed by atoms with van der Waals surface area (Å²) < 4.78 is 5.22. The van der Waals surface area contributed by atoms with Gasteiger partial charge in [-0.05, 0) is 78.6 Å². The molecule has 4 rings (SSSR count). The Balaban J connectivity index is 1.54. The second-order valence-corrected chi connectivity index (χ2v) is 9.29. The van der Waals surface area contributed by atoms with Crippen LogP contribution in [0.3, 0.4) is 0 Å². The molecule has 2 aromatic carbocycles. The van der Waals surface area contributed by atoms with E-state index in [0.717, 1.165) is 6.42 Å². The number of halogens is 1. The molecular formula is C24H22ClN3O3S2. The maximum Gasteiger partial charge on any atom is 0.256 e. The predicted octanol–water partition coefficient (Wildman–Crippen LogP) is 4.98. The minimum absolute atomic E-state index is 0.0152. The number of anilines is 2. The number of thiophene rings is 1. The van der Waals surface area contributed by atoms with Crippen molar-refractivity contribution in [1.29, 1.82) is 0 Å². The van der Waals surface area contributed by atoms with Crippen LogP contribution in [0.15, 0.2) is 66.0 Å². The fourth-order valence-electron chi connectivity index (χ4n) is 3.66. The van der Waals surface area contributed by atoms with Crippen LogP contribution in [0.1, 0.15) is 11.3 Å². The van der Waals surface area contributed by atoms with Crippen molar-refractivity contribution in [3.05, 3.63) is 75.9 Å². The number of benzene rings is 2. The topological polar surface area (TPSA) is 61.9 Å². The fourth-order valence-corrected chi connectivity index (χ4v) is 4.90. The van der Waals surface area contributed by atoms with E-state index in [0.29, 0.717) is 33.8 Å². The van der Waals surface area contributed by atoms with Gasteiger partial charge in [-0.1, -0.05) is 17.7 Å². The lowest BCUT2D eigenvalue weighted by Crippen LogP contribution is -2.39. The van der Waals surface area contributed by atoms with Gasteiger partial charge >= 0.3 is 0 Å². The third-order valence-corrected chi connectivity index (χ3v) is 6.94. The van der Waals surface area contributed by atoms with Gasteiger partial charge in [0.2, 0.25) is 5.91 Å². The van der Waals surface area contributed by atoms with Gasteiger partial charge in [0.05, 0.1) is 19.2 Å². The zero-order valence-electron chi connectivity index (χ0n) is 17.9. The molecule has 0 radical (unpaired) electrons. The Labute approximate surface area is 206 Å². The zero-order valence-corrected chi connectivity index (χ0v) is 20.3. The van der Waals surface area contributed by atoms with Crippen LogP contribution in [0.25, 0.3) is 0 Å². The van der Waals surface area contributed by atoms with Crippen LogP contribution in [0, 0.1) is 0 Å². The maximum atomic E-state index is 13.4. The number of hydrogen-bond donors (Lipinski definition) is 1. The first-order valence-electron chi connectivity index (χ1n) is 10.3. The number of nitrogens with one attached hydrogen (secondary N) is 1. The zero-order chi connectivity index (χ0) is 23.4. The molecule has 3 aromatic rings. The molecule has 33 heavy (non-hydrogen) atoms. The Morgan fingerprint density at radius 3 is 2.52 bits per heavy atom. The first kappa shape index (κ1) is 23.2. The highest BCUT2D eigenvalue weighted by atomic mass is 35.5. The van der Waals surface area contributed by atoms with Gasteiger partial charge in [-0.15, -0.1) is 11.3 Å². The number of thiocarbonyl (C=S) groups is 1. The summed E-state index contributed by atoms with van der Waals surface area (Å²) in [5.74, 6) is 0.198. The molecule has 0 bridgehead atoms. The molecule has 9 heteroatoms. The number of hydrogen-bond acceptors (Lipinski definition) is 5. The number of rotatable bonds is 8. The summed E-state index contributed by atoms with van der Waals surface area (Å²) in [5, 5.41) is 5.83. The Morgan fingerprint density at radius 1 is 1.15 bits per heavy atom. The highest BCUT2D eigenvalue weighted by Crippen LogP contribution is 2.29. The minimum atomic E-state index is -0.688. The van der Waals surface area contributed by atoms with Crippen LogP contribution in [-0.4, -0.2) is 41.5 Å². The van der Waals surface area contributed by atoms with Crippen molar-refractivity contribution in [2.45, 2.75) is 18.9 Å². The molecule has 1 N–H and O–H groups in total. The van der Waals surface area contributed by atoms with Gasteiger partial charge in [0.1, 0.15) is 11.8 Å². The molecule has 1 saturated heterocycles. The molecular weight excluding hydrogens is 478 g/mol. The van der Waals surface area contributed by atoms with E-state index < -0.39 is 6.04 Å². The number of carbonyl (C=O) groups excluding carboxylic acids is 2. The van der Waals surface area contributed by atoms with Crippen LogP contribution < -0.4 is 15.0 Å². The normalized spacial score (nSPS) is 15.8. The molecule has 1 aliphatic rings. The number of amides is 2. The van der Waals surface area contributed by atoms with Gasteiger partial charge in [0, 0.05) is 22.1 Å². The van der Waals surface area contributed by atoms with Crippen LogP contribution in [-0.2, 0) is 16.0 Å².